The second kappa shape index (κ2) is 3.18. The fourth-order valence-corrected chi connectivity index (χ4v) is 3.92. The summed E-state index contributed by atoms with van der Waals surface area (Å²) in [7, 11) is -2.95. The minimum Gasteiger partial charge on any atom is -0.300 e. The number of fused-ring (bicyclic) bond motifs is 1. The van der Waals surface area contributed by atoms with E-state index in [2.05, 4.69) is 4.90 Å². The topological polar surface area (TPSA) is 40.6 Å². The van der Waals surface area contributed by atoms with Crippen LogP contribution in [0.5, 0.6) is 0 Å². The lowest BCUT2D eigenvalue weighted by molar-refractivity contribution is 0.288. The van der Waals surface area contributed by atoms with Gasteiger partial charge in [-0.1, -0.05) is 0 Å². The lowest BCUT2D eigenvalue weighted by Gasteiger charge is -2.19. The molecule has 15 heavy (non-hydrogen) atoms. The van der Waals surface area contributed by atoms with Crippen LogP contribution < -0.4 is 0 Å². The molecule has 2 heterocycles. The number of rotatable bonds is 2. The highest BCUT2D eigenvalue weighted by Crippen LogP contribution is 2.38. The van der Waals surface area contributed by atoms with Crippen molar-refractivity contribution in [2.75, 3.05) is 32.4 Å². The summed E-state index contributed by atoms with van der Waals surface area (Å²) in [6.45, 7) is 3.77. The monoisotopic (exact) mass is 230 g/mol. The zero-order chi connectivity index (χ0) is 10.6. The Morgan fingerprint density at radius 2 is 1.53 bits per heavy atom. The first kappa shape index (κ1) is 10.1. The molecule has 0 aromatic carbocycles. The second-order valence-corrected chi connectivity index (χ2v) is 7.27. The number of nitrogens with zero attached hydrogens (tertiary/aromatic N) is 2. The number of hydrogen-bond donors (Lipinski definition) is 0. The molecule has 0 radical (unpaired) electrons. The van der Waals surface area contributed by atoms with E-state index in [1.54, 1.807) is 4.31 Å². The molecule has 1 aliphatic carbocycles. The molecule has 3 rings (SSSR count). The van der Waals surface area contributed by atoms with E-state index in [9.17, 15) is 8.42 Å². The first-order valence-corrected chi connectivity index (χ1v) is 7.58. The second-order valence-electron chi connectivity index (χ2n) is 5.29. The standard InChI is InChI=1S/C10H18N2O2S/c1-15(13,14)12-6-8-4-11(10-2-3-10)5-9(8)7-12/h8-10H,2-7H2,1H3. The van der Waals surface area contributed by atoms with Crippen LogP contribution in [0.3, 0.4) is 0 Å². The predicted molar refractivity (Wildman–Crippen MR) is 58.0 cm³/mol. The van der Waals surface area contributed by atoms with Gasteiger partial charge < -0.3 is 0 Å². The van der Waals surface area contributed by atoms with Gasteiger partial charge in [0, 0.05) is 32.2 Å². The third kappa shape index (κ3) is 1.81. The summed E-state index contributed by atoms with van der Waals surface area (Å²) >= 11 is 0. The van der Waals surface area contributed by atoms with Gasteiger partial charge in [-0.2, -0.15) is 0 Å². The van der Waals surface area contributed by atoms with E-state index < -0.39 is 10.0 Å². The lowest BCUT2D eigenvalue weighted by atomic mass is 10.0. The fourth-order valence-electron chi connectivity index (χ4n) is 2.99. The van der Waals surface area contributed by atoms with E-state index in [1.807, 2.05) is 0 Å². The van der Waals surface area contributed by atoms with Gasteiger partial charge in [-0.25, -0.2) is 12.7 Å². The van der Waals surface area contributed by atoms with Crippen LogP contribution in [0.15, 0.2) is 0 Å². The van der Waals surface area contributed by atoms with Crippen LogP contribution in [0.1, 0.15) is 12.8 Å². The van der Waals surface area contributed by atoms with Crippen molar-refractivity contribution in [2.24, 2.45) is 11.8 Å². The van der Waals surface area contributed by atoms with Crippen molar-refractivity contribution in [3.05, 3.63) is 0 Å². The van der Waals surface area contributed by atoms with Crippen molar-refractivity contribution in [2.45, 2.75) is 18.9 Å². The molecule has 1 saturated carbocycles. The highest BCUT2D eigenvalue weighted by atomic mass is 32.2. The molecule has 86 valence electrons. The Hall–Kier alpha value is -0.130. The molecule has 0 N–H and O–H groups in total. The van der Waals surface area contributed by atoms with E-state index in [0.717, 1.165) is 32.2 Å². The maximum absolute atomic E-state index is 11.4. The molecule has 4 nitrogen and oxygen atoms in total. The van der Waals surface area contributed by atoms with Crippen LogP contribution in [0.2, 0.25) is 0 Å². The Morgan fingerprint density at radius 3 is 1.93 bits per heavy atom. The molecule has 2 saturated heterocycles. The zero-order valence-corrected chi connectivity index (χ0v) is 9.91. The Balaban J connectivity index is 1.66. The van der Waals surface area contributed by atoms with E-state index >= 15 is 0 Å². The van der Waals surface area contributed by atoms with Crippen molar-refractivity contribution in [3.63, 3.8) is 0 Å². The van der Waals surface area contributed by atoms with E-state index in [0.29, 0.717) is 11.8 Å². The van der Waals surface area contributed by atoms with E-state index in [1.165, 1.54) is 19.1 Å². The molecule has 0 aromatic rings. The molecule has 2 atom stereocenters. The molecular formula is C10H18N2O2S. The first-order chi connectivity index (χ1) is 7.04. The number of hydrogen-bond acceptors (Lipinski definition) is 3. The Labute approximate surface area is 91.3 Å². The summed E-state index contributed by atoms with van der Waals surface area (Å²) in [5, 5.41) is 0. The highest BCUT2D eigenvalue weighted by Gasteiger charge is 2.45. The predicted octanol–water partition coefficient (Wildman–Crippen LogP) is -0.0280. The van der Waals surface area contributed by atoms with Crippen LogP contribution in [-0.2, 0) is 10.0 Å². The molecular weight excluding hydrogens is 212 g/mol. The molecule has 5 heteroatoms. The molecule has 0 amide bonds. The maximum Gasteiger partial charge on any atom is 0.211 e. The van der Waals surface area contributed by atoms with Gasteiger partial charge in [-0.3, -0.25) is 4.90 Å². The minimum atomic E-state index is -2.95. The van der Waals surface area contributed by atoms with Gasteiger partial charge in [0.1, 0.15) is 0 Å². The summed E-state index contributed by atoms with van der Waals surface area (Å²) in [6.07, 6.45) is 4.04. The van der Waals surface area contributed by atoms with Gasteiger partial charge in [-0.05, 0) is 24.7 Å². The Morgan fingerprint density at radius 1 is 1.00 bits per heavy atom. The molecule has 3 aliphatic rings. The average Bonchev–Trinajstić information content (AvgIpc) is 2.74. The highest BCUT2D eigenvalue weighted by molar-refractivity contribution is 7.88. The van der Waals surface area contributed by atoms with E-state index in [4.69, 9.17) is 0 Å². The molecule has 0 spiro atoms. The van der Waals surface area contributed by atoms with Crippen LogP contribution in [0, 0.1) is 11.8 Å². The van der Waals surface area contributed by atoms with Gasteiger partial charge >= 0.3 is 0 Å². The van der Waals surface area contributed by atoms with Crippen LogP contribution in [0.4, 0.5) is 0 Å². The van der Waals surface area contributed by atoms with Crippen molar-refractivity contribution in [3.8, 4) is 0 Å². The summed E-state index contributed by atoms with van der Waals surface area (Å²) in [5.41, 5.74) is 0. The van der Waals surface area contributed by atoms with E-state index in [-0.39, 0.29) is 0 Å². The van der Waals surface area contributed by atoms with Gasteiger partial charge in [0.25, 0.3) is 0 Å². The quantitative estimate of drug-likeness (QED) is 0.669. The molecule has 2 unspecified atom stereocenters. The molecule has 3 fully saturated rings. The SMILES string of the molecule is CS(=O)(=O)N1CC2CN(C3CC3)CC2C1. The third-order valence-electron chi connectivity index (χ3n) is 4.01. The first-order valence-electron chi connectivity index (χ1n) is 5.73. The van der Waals surface area contributed by atoms with Gasteiger partial charge in [0.05, 0.1) is 6.26 Å². The summed E-state index contributed by atoms with van der Waals surface area (Å²) < 4.78 is 24.5. The molecule has 0 bridgehead atoms. The number of likely N-dealkylation sites (tertiary alicyclic amines) is 1. The summed E-state index contributed by atoms with van der Waals surface area (Å²) in [6, 6.07) is 0.835. The fraction of sp³-hybridized carbons (Fsp3) is 1.00. The molecule has 0 aromatic heterocycles. The van der Waals surface area contributed by atoms with Crippen LogP contribution in [0.25, 0.3) is 0 Å². The number of sulfonamides is 1. The van der Waals surface area contributed by atoms with Crippen molar-refractivity contribution < 1.29 is 8.42 Å². The van der Waals surface area contributed by atoms with Crippen LogP contribution in [-0.4, -0.2) is 56.1 Å². The maximum atomic E-state index is 11.4. The summed E-state index contributed by atoms with van der Waals surface area (Å²) in [4.78, 5) is 2.56. The average molecular weight is 230 g/mol. The molecule has 2 aliphatic heterocycles. The largest absolute Gasteiger partial charge is 0.300 e. The normalized spacial score (nSPS) is 38.5. The third-order valence-corrected chi connectivity index (χ3v) is 5.25. The van der Waals surface area contributed by atoms with Crippen molar-refractivity contribution in [1.29, 1.82) is 0 Å². The Kier molecular flexibility index (Phi) is 2.13. The van der Waals surface area contributed by atoms with Gasteiger partial charge in [-0.15, -0.1) is 0 Å². The zero-order valence-electron chi connectivity index (χ0n) is 9.09. The smallest absolute Gasteiger partial charge is 0.211 e. The van der Waals surface area contributed by atoms with Gasteiger partial charge in [0.15, 0.2) is 0 Å². The minimum absolute atomic E-state index is 0.598. The van der Waals surface area contributed by atoms with Crippen molar-refractivity contribution in [1.82, 2.24) is 9.21 Å². The Bertz CT molecular complexity index is 350. The van der Waals surface area contributed by atoms with Crippen molar-refractivity contribution >= 4 is 10.0 Å². The van der Waals surface area contributed by atoms with Crippen LogP contribution >= 0.6 is 0 Å². The van der Waals surface area contributed by atoms with Gasteiger partial charge in [0.2, 0.25) is 10.0 Å². The summed E-state index contributed by atoms with van der Waals surface area (Å²) in [5.74, 6) is 1.20. The lowest BCUT2D eigenvalue weighted by Crippen LogP contribution is -2.33.